The van der Waals surface area contributed by atoms with Crippen LogP contribution in [0.3, 0.4) is 0 Å². The molecule has 0 amide bonds. The van der Waals surface area contributed by atoms with Crippen molar-refractivity contribution in [1.82, 2.24) is 0 Å². The Balaban J connectivity index is 2.06. The molecule has 1 atom stereocenters. The Bertz CT molecular complexity index is 310. The normalized spacial score (nSPS) is 31.8. The molecular weight excluding hydrogens is 315 g/mol. The van der Waals surface area contributed by atoms with Crippen LogP contribution in [0.2, 0.25) is 0 Å². The van der Waals surface area contributed by atoms with Crippen molar-refractivity contribution in [2.75, 3.05) is 4.43 Å². The van der Waals surface area contributed by atoms with Crippen LogP contribution in [0.4, 0.5) is 0 Å². The van der Waals surface area contributed by atoms with E-state index < -0.39 is 5.54 Å². The molecule has 0 aromatic rings. The van der Waals surface area contributed by atoms with Gasteiger partial charge in [-0.2, -0.15) is 0 Å². The SMILES string of the molecule is NC1=NC(CI)(CC2CCCCC2)C(=O)C1. The summed E-state index contributed by atoms with van der Waals surface area (Å²) >= 11 is 2.28. The second-order valence-corrected chi connectivity index (χ2v) is 5.84. The van der Waals surface area contributed by atoms with E-state index in [1.807, 2.05) is 0 Å². The highest BCUT2D eigenvalue weighted by molar-refractivity contribution is 14.1. The van der Waals surface area contributed by atoms with Gasteiger partial charge < -0.3 is 5.73 Å². The second-order valence-electron chi connectivity index (χ2n) is 5.08. The average molecular weight is 334 g/mol. The topological polar surface area (TPSA) is 55.4 Å². The first-order valence-corrected chi connectivity index (χ1v) is 7.62. The molecule has 1 unspecified atom stereocenters. The zero-order valence-corrected chi connectivity index (χ0v) is 11.7. The van der Waals surface area contributed by atoms with Crippen molar-refractivity contribution in [2.24, 2.45) is 16.6 Å². The molecule has 2 aliphatic rings. The molecule has 1 fully saturated rings. The Hall–Kier alpha value is -0.130. The molecule has 0 aromatic heterocycles. The van der Waals surface area contributed by atoms with Gasteiger partial charge in [0.15, 0.2) is 5.78 Å². The van der Waals surface area contributed by atoms with Gasteiger partial charge in [0.2, 0.25) is 0 Å². The Labute approximate surface area is 110 Å². The van der Waals surface area contributed by atoms with E-state index in [9.17, 15) is 4.79 Å². The molecular formula is C12H19IN2O. The van der Waals surface area contributed by atoms with E-state index in [2.05, 4.69) is 27.6 Å². The number of hydrogen-bond acceptors (Lipinski definition) is 3. The number of carbonyl (C=O) groups excluding carboxylic acids is 1. The third-order valence-corrected chi connectivity index (χ3v) is 5.05. The number of aliphatic imine (C=N–C) groups is 1. The molecule has 3 nitrogen and oxygen atoms in total. The number of hydrogen-bond donors (Lipinski definition) is 1. The van der Waals surface area contributed by atoms with Crippen LogP contribution in [-0.2, 0) is 4.79 Å². The maximum atomic E-state index is 12.0. The lowest BCUT2D eigenvalue weighted by Gasteiger charge is -2.29. The first-order chi connectivity index (χ1) is 7.66. The van der Waals surface area contributed by atoms with Gasteiger partial charge in [0.05, 0.1) is 6.42 Å². The van der Waals surface area contributed by atoms with E-state index in [4.69, 9.17) is 5.73 Å². The average Bonchev–Trinajstić information content (AvgIpc) is 2.56. The summed E-state index contributed by atoms with van der Waals surface area (Å²) in [5, 5.41) is 0. The molecule has 2 rings (SSSR count). The molecule has 1 saturated carbocycles. The number of Topliss-reactive ketones (excluding diaryl/α,β-unsaturated/α-hetero) is 1. The van der Waals surface area contributed by atoms with Gasteiger partial charge in [-0.1, -0.05) is 54.7 Å². The van der Waals surface area contributed by atoms with E-state index in [1.54, 1.807) is 0 Å². The quantitative estimate of drug-likeness (QED) is 0.637. The van der Waals surface area contributed by atoms with Crippen molar-refractivity contribution in [3.63, 3.8) is 0 Å². The summed E-state index contributed by atoms with van der Waals surface area (Å²) in [6.45, 7) is 0. The highest BCUT2D eigenvalue weighted by Crippen LogP contribution is 2.36. The van der Waals surface area contributed by atoms with Gasteiger partial charge in [0.1, 0.15) is 11.4 Å². The molecule has 0 radical (unpaired) electrons. The van der Waals surface area contributed by atoms with E-state index >= 15 is 0 Å². The fraction of sp³-hybridized carbons (Fsp3) is 0.833. The molecule has 16 heavy (non-hydrogen) atoms. The van der Waals surface area contributed by atoms with Gasteiger partial charge in [-0.05, 0) is 12.3 Å². The van der Waals surface area contributed by atoms with Gasteiger partial charge in [-0.3, -0.25) is 9.79 Å². The molecule has 0 saturated heterocycles. The van der Waals surface area contributed by atoms with Crippen LogP contribution in [0.15, 0.2) is 4.99 Å². The summed E-state index contributed by atoms with van der Waals surface area (Å²) in [5.74, 6) is 1.46. The van der Waals surface area contributed by atoms with Gasteiger partial charge in [-0.25, -0.2) is 0 Å². The standard InChI is InChI=1S/C12H19IN2O/c13-8-12(10(16)6-11(14)15-12)7-9-4-2-1-3-5-9/h9H,1-8H2,(H2,14,15). The molecule has 1 heterocycles. The van der Waals surface area contributed by atoms with Crippen LogP contribution in [0, 0.1) is 5.92 Å². The minimum absolute atomic E-state index is 0.241. The minimum Gasteiger partial charge on any atom is -0.387 e. The Morgan fingerprint density at radius 3 is 2.56 bits per heavy atom. The fourth-order valence-electron chi connectivity index (χ4n) is 2.89. The molecule has 0 aromatic carbocycles. The van der Waals surface area contributed by atoms with Crippen LogP contribution < -0.4 is 5.73 Å². The Morgan fingerprint density at radius 2 is 2.06 bits per heavy atom. The van der Waals surface area contributed by atoms with Gasteiger partial charge >= 0.3 is 0 Å². The van der Waals surface area contributed by atoms with E-state index in [0.29, 0.717) is 18.2 Å². The van der Waals surface area contributed by atoms with Crippen molar-refractivity contribution in [1.29, 1.82) is 0 Å². The van der Waals surface area contributed by atoms with Gasteiger partial charge in [0.25, 0.3) is 0 Å². The summed E-state index contributed by atoms with van der Waals surface area (Å²) in [7, 11) is 0. The van der Waals surface area contributed by atoms with Crippen LogP contribution in [0.25, 0.3) is 0 Å². The van der Waals surface area contributed by atoms with E-state index in [1.165, 1.54) is 32.1 Å². The van der Waals surface area contributed by atoms with E-state index in [-0.39, 0.29) is 5.78 Å². The summed E-state index contributed by atoms with van der Waals surface area (Å²) in [5.41, 5.74) is 5.24. The number of nitrogens with zero attached hydrogens (tertiary/aromatic N) is 1. The van der Waals surface area contributed by atoms with Crippen LogP contribution in [0.5, 0.6) is 0 Å². The Morgan fingerprint density at radius 1 is 1.38 bits per heavy atom. The zero-order chi connectivity index (χ0) is 11.6. The maximum Gasteiger partial charge on any atom is 0.168 e. The number of ketones is 1. The monoisotopic (exact) mass is 334 g/mol. The number of nitrogens with two attached hydrogens (primary N) is 1. The van der Waals surface area contributed by atoms with Crippen LogP contribution in [-0.4, -0.2) is 21.6 Å². The summed E-state index contributed by atoms with van der Waals surface area (Å²) in [6.07, 6.45) is 7.81. The molecule has 1 aliphatic carbocycles. The highest BCUT2D eigenvalue weighted by Gasteiger charge is 2.43. The van der Waals surface area contributed by atoms with Crippen LogP contribution >= 0.6 is 22.6 Å². The van der Waals surface area contributed by atoms with Crippen molar-refractivity contribution in [2.45, 2.75) is 50.5 Å². The maximum absolute atomic E-state index is 12.0. The lowest BCUT2D eigenvalue weighted by molar-refractivity contribution is -0.121. The van der Waals surface area contributed by atoms with Crippen molar-refractivity contribution in [3.8, 4) is 0 Å². The highest BCUT2D eigenvalue weighted by atomic mass is 127. The predicted molar refractivity (Wildman–Crippen MR) is 74.1 cm³/mol. The third-order valence-electron chi connectivity index (χ3n) is 3.79. The van der Waals surface area contributed by atoms with E-state index in [0.717, 1.165) is 10.8 Å². The smallest absolute Gasteiger partial charge is 0.168 e. The molecule has 90 valence electrons. The number of alkyl halides is 1. The molecule has 0 bridgehead atoms. The summed E-state index contributed by atoms with van der Waals surface area (Å²) < 4.78 is 0.779. The lowest BCUT2D eigenvalue weighted by atomic mass is 9.79. The van der Waals surface area contributed by atoms with Crippen LogP contribution in [0.1, 0.15) is 44.9 Å². The first kappa shape index (κ1) is 12.3. The molecule has 1 aliphatic heterocycles. The van der Waals surface area contributed by atoms with Crippen molar-refractivity contribution in [3.05, 3.63) is 0 Å². The van der Waals surface area contributed by atoms with Gasteiger partial charge in [0, 0.05) is 4.43 Å². The first-order valence-electron chi connectivity index (χ1n) is 6.10. The lowest BCUT2D eigenvalue weighted by Crippen LogP contribution is -2.37. The number of rotatable bonds is 3. The minimum atomic E-state index is -0.466. The number of amidine groups is 1. The second kappa shape index (κ2) is 5.02. The van der Waals surface area contributed by atoms with Crippen molar-refractivity contribution >= 4 is 34.2 Å². The van der Waals surface area contributed by atoms with Gasteiger partial charge in [-0.15, -0.1) is 0 Å². The van der Waals surface area contributed by atoms with Crippen molar-refractivity contribution < 1.29 is 4.79 Å². The summed E-state index contributed by atoms with van der Waals surface area (Å²) in [6, 6.07) is 0. The summed E-state index contributed by atoms with van der Waals surface area (Å²) in [4.78, 5) is 16.5. The fourth-order valence-corrected chi connectivity index (χ4v) is 3.80. The Kier molecular flexibility index (Phi) is 3.87. The predicted octanol–water partition coefficient (Wildman–Crippen LogP) is 2.46. The third kappa shape index (κ3) is 2.41. The molecule has 2 N–H and O–H groups in total. The molecule has 0 spiro atoms. The molecule has 4 heteroatoms. The number of halogens is 1. The number of carbonyl (C=O) groups is 1. The largest absolute Gasteiger partial charge is 0.387 e. The zero-order valence-electron chi connectivity index (χ0n) is 9.54.